The van der Waals surface area contributed by atoms with Crippen molar-refractivity contribution in [2.45, 2.75) is 19.1 Å². The maximum Gasteiger partial charge on any atom is 0.435 e. The quantitative estimate of drug-likeness (QED) is 0.785. The second kappa shape index (κ2) is 5.34. The van der Waals surface area contributed by atoms with Gasteiger partial charge >= 0.3 is 6.18 Å². The van der Waals surface area contributed by atoms with Crippen LogP contribution in [0.4, 0.5) is 13.2 Å². The van der Waals surface area contributed by atoms with Crippen LogP contribution in [0.3, 0.4) is 0 Å². The molecule has 0 saturated heterocycles. The Morgan fingerprint density at radius 3 is 2.83 bits per heavy atom. The fraction of sp³-hybridized carbons (Fsp3) is 0.250. The summed E-state index contributed by atoms with van der Waals surface area (Å²) in [5, 5.41) is 7.11. The van der Waals surface area contributed by atoms with Crippen molar-refractivity contribution in [2.24, 2.45) is 0 Å². The summed E-state index contributed by atoms with van der Waals surface area (Å²) in [6, 6.07) is 1.32. The van der Waals surface area contributed by atoms with E-state index in [1.165, 1.54) is 18.6 Å². The van der Waals surface area contributed by atoms with Gasteiger partial charge in [-0.1, -0.05) is 5.16 Å². The summed E-state index contributed by atoms with van der Waals surface area (Å²) in [6.07, 6.45) is -2.18. The van der Waals surface area contributed by atoms with Gasteiger partial charge in [0.1, 0.15) is 11.7 Å². The summed E-state index contributed by atoms with van der Waals surface area (Å²) in [4.78, 5) is 21.5. The summed E-state index contributed by atoms with van der Waals surface area (Å²) in [6.45, 7) is 1.55. The van der Waals surface area contributed by atoms with E-state index in [4.69, 9.17) is 4.52 Å². The summed E-state index contributed by atoms with van der Waals surface area (Å²) in [5.74, 6) is 0.0973. The fourth-order valence-electron chi connectivity index (χ4n) is 1.82. The monoisotopic (exact) mass is 326 g/mol. The Morgan fingerprint density at radius 1 is 1.39 bits per heavy atom. The van der Waals surface area contributed by atoms with E-state index in [1.807, 2.05) is 0 Å². The smallest absolute Gasteiger partial charge is 0.337 e. The second-order valence-electron chi connectivity index (χ2n) is 4.61. The molecule has 1 N–H and O–H groups in total. The average Bonchev–Trinajstić information content (AvgIpc) is 3.16. The van der Waals surface area contributed by atoms with Crippen LogP contribution in [0.2, 0.25) is 0 Å². The van der Waals surface area contributed by atoms with Crippen LogP contribution in [0.1, 0.15) is 24.6 Å². The molecule has 0 amide bonds. The minimum Gasteiger partial charge on any atom is -0.337 e. The molecule has 11 heteroatoms. The van der Waals surface area contributed by atoms with E-state index in [2.05, 4.69) is 25.2 Å². The minimum absolute atomic E-state index is 0.0407. The Labute approximate surface area is 126 Å². The first-order valence-corrected chi connectivity index (χ1v) is 6.35. The molecule has 120 valence electrons. The van der Waals surface area contributed by atoms with Crippen molar-refractivity contribution in [2.75, 3.05) is 0 Å². The lowest BCUT2D eigenvalue weighted by Gasteiger charge is -2.07. The number of H-pyrrole nitrogens is 1. The van der Waals surface area contributed by atoms with Crippen LogP contribution in [0.25, 0.3) is 11.5 Å². The van der Waals surface area contributed by atoms with Gasteiger partial charge in [-0.2, -0.15) is 23.3 Å². The first kappa shape index (κ1) is 14.9. The summed E-state index contributed by atoms with van der Waals surface area (Å²) >= 11 is 0. The molecule has 0 aliphatic rings. The topological polar surface area (TPSA) is 102 Å². The van der Waals surface area contributed by atoms with Gasteiger partial charge in [-0.25, -0.2) is 4.98 Å². The highest BCUT2D eigenvalue weighted by Crippen LogP contribution is 2.28. The summed E-state index contributed by atoms with van der Waals surface area (Å²) < 4.78 is 43.8. The van der Waals surface area contributed by atoms with E-state index < -0.39 is 23.5 Å². The van der Waals surface area contributed by atoms with Crippen molar-refractivity contribution in [3.8, 4) is 11.5 Å². The number of alkyl halides is 3. The Kier molecular flexibility index (Phi) is 3.47. The normalized spacial score (nSPS) is 13.2. The van der Waals surface area contributed by atoms with Crippen molar-refractivity contribution < 1.29 is 17.7 Å². The molecule has 0 aliphatic heterocycles. The van der Waals surface area contributed by atoms with Crippen LogP contribution in [0.5, 0.6) is 0 Å². The lowest BCUT2D eigenvalue weighted by atomic mass is 10.3. The third-order valence-electron chi connectivity index (χ3n) is 3.00. The van der Waals surface area contributed by atoms with E-state index in [1.54, 1.807) is 6.92 Å². The highest BCUT2D eigenvalue weighted by atomic mass is 19.4. The lowest BCUT2D eigenvalue weighted by Crippen LogP contribution is -2.11. The molecular formula is C12H9F3N6O2. The number of hydrogen-bond acceptors (Lipinski definition) is 6. The molecule has 23 heavy (non-hydrogen) atoms. The molecule has 3 aromatic rings. The number of nitrogens with zero attached hydrogens (tertiary/aromatic N) is 5. The van der Waals surface area contributed by atoms with Crippen molar-refractivity contribution in [1.82, 2.24) is 29.9 Å². The van der Waals surface area contributed by atoms with Crippen molar-refractivity contribution in [1.29, 1.82) is 0 Å². The fourth-order valence-corrected chi connectivity index (χ4v) is 1.82. The molecule has 0 saturated carbocycles. The molecule has 3 aromatic heterocycles. The maximum atomic E-state index is 12.6. The molecule has 0 aliphatic carbocycles. The number of rotatable bonds is 3. The number of halogens is 3. The van der Waals surface area contributed by atoms with E-state index in [9.17, 15) is 18.0 Å². The average molecular weight is 326 g/mol. The van der Waals surface area contributed by atoms with Gasteiger partial charge < -0.3 is 9.51 Å². The van der Waals surface area contributed by atoms with Crippen molar-refractivity contribution in [3.05, 3.63) is 46.6 Å². The van der Waals surface area contributed by atoms with E-state index in [0.29, 0.717) is 0 Å². The van der Waals surface area contributed by atoms with E-state index in [-0.39, 0.29) is 17.4 Å². The van der Waals surface area contributed by atoms with Gasteiger partial charge in [0.15, 0.2) is 5.69 Å². The Bertz CT molecular complexity index is 881. The van der Waals surface area contributed by atoms with Gasteiger partial charge in [-0.15, -0.1) is 0 Å². The number of aromatic nitrogens is 6. The van der Waals surface area contributed by atoms with Crippen LogP contribution in [-0.4, -0.2) is 29.9 Å². The summed E-state index contributed by atoms with van der Waals surface area (Å²) in [7, 11) is 0. The Morgan fingerprint density at radius 2 is 2.17 bits per heavy atom. The van der Waals surface area contributed by atoms with Gasteiger partial charge in [0.25, 0.3) is 11.4 Å². The number of nitrogens with one attached hydrogen (secondary N) is 1. The zero-order valence-corrected chi connectivity index (χ0v) is 11.6. The van der Waals surface area contributed by atoms with Gasteiger partial charge in [-0.05, 0) is 13.0 Å². The molecule has 0 fully saturated rings. The molecule has 0 spiro atoms. The van der Waals surface area contributed by atoms with Crippen molar-refractivity contribution in [3.63, 3.8) is 0 Å². The predicted octanol–water partition coefficient (Wildman–Crippen LogP) is 1.64. The lowest BCUT2D eigenvalue weighted by molar-refractivity contribution is -0.141. The Hall–Kier alpha value is -2.98. The number of hydrogen-bond donors (Lipinski definition) is 1. The molecule has 1 unspecified atom stereocenters. The zero-order chi connectivity index (χ0) is 16.6. The van der Waals surface area contributed by atoms with Crippen LogP contribution in [0, 0.1) is 0 Å². The van der Waals surface area contributed by atoms with Gasteiger partial charge in [-0.3, -0.25) is 9.48 Å². The Balaban J connectivity index is 1.88. The first-order chi connectivity index (χ1) is 10.8. The van der Waals surface area contributed by atoms with Gasteiger partial charge in [0.2, 0.25) is 5.82 Å². The highest BCUT2D eigenvalue weighted by molar-refractivity contribution is 5.46. The molecule has 8 nitrogen and oxygen atoms in total. The predicted molar refractivity (Wildman–Crippen MR) is 69.2 cm³/mol. The molecule has 0 aromatic carbocycles. The highest BCUT2D eigenvalue weighted by Gasteiger charge is 2.34. The standard InChI is InChI=1S/C12H9F3N6O2/c1-6(21-3-2-8(19-21)12(13,14)15)11-18-10(20-23-11)7-4-9(22)17-5-16-7/h2-6H,1H3,(H,16,17,22). The summed E-state index contributed by atoms with van der Waals surface area (Å²) in [5.41, 5.74) is -1.22. The van der Waals surface area contributed by atoms with Gasteiger partial charge in [0.05, 0.1) is 6.33 Å². The van der Waals surface area contributed by atoms with E-state index in [0.717, 1.165) is 10.7 Å². The van der Waals surface area contributed by atoms with Crippen LogP contribution < -0.4 is 5.56 Å². The van der Waals surface area contributed by atoms with Gasteiger partial charge in [0, 0.05) is 12.3 Å². The molecule has 3 rings (SSSR count). The zero-order valence-electron chi connectivity index (χ0n) is 11.6. The van der Waals surface area contributed by atoms with Crippen LogP contribution in [-0.2, 0) is 6.18 Å². The molecular weight excluding hydrogens is 317 g/mol. The molecule has 1 atom stereocenters. The third kappa shape index (κ3) is 2.98. The molecule has 0 radical (unpaired) electrons. The number of aromatic amines is 1. The third-order valence-corrected chi connectivity index (χ3v) is 3.00. The van der Waals surface area contributed by atoms with E-state index >= 15 is 0 Å². The minimum atomic E-state index is -4.53. The SMILES string of the molecule is CC(c1nc(-c2cc(=O)[nH]cn2)no1)n1ccc(C(F)(F)F)n1. The molecule has 0 bridgehead atoms. The largest absolute Gasteiger partial charge is 0.435 e. The maximum absolute atomic E-state index is 12.6. The van der Waals surface area contributed by atoms with Crippen LogP contribution >= 0.6 is 0 Å². The first-order valence-electron chi connectivity index (χ1n) is 6.35. The van der Waals surface area contributed by atoms with Crippen LogP contribution in [0.15, 0.2) is 34.0 Å². The second-order valence-corrected chi connectivity index (χ2v) is 4.61. The molecule has 3 heterocycles. The van der Waals surface area contributed by atoms with Crippen molar-refractivity contribution >= 4 is 0 Å².